The molecule has 0 aliphatic rings. The van der Waals surface area contributed by atoms with E-state index in [1.54, 1.807) is 0 Å². The highest BCUT2D eigenvalue weighted by Gasteiger charge is 2.09. The Morgan fingerprint density at radius 3 is 2.53 bits per heavy atom. The Hall–Kier alpha value is -1.13. The topological polar surface area (TPSA) is 40.7 Å². The van der Waals surface area contributed by atoms with E-state index in [-0.39, 0.29) is 5.54 Å². The number of benzene rings is 1. The molecule has 0 spiro atoms. The van der Waals surface area contributed by atoms with Crippen LogP contribution in [0, 0.1) is 0 Å². The third kappa shape index (κ3) is 4.48. The minimum absolute atomic E-state index is 0.154. The van der Waals surface area contributed by atoms with Gasteiger partial charge in [-0.3, -0.25) is 0 Å². The molecule has 2 rings (SSSR count). The molecule has 2 aromatic rings. The first-order valence-electron chi connectivity index (χ1n) is 6.49. The fourth-order valence-electron chi connectivity index (χ4n) is 1.82. The third-order valence-corrected chi connectivity index (χ3v) is 3.33. The summed E-state index contributed by atoms with van der Waals surface area (Å²) >= 11 is 3.44. The number of imidazole rings is 1. The highest BCUT2D eigenvalue weighted by molar-refractivity contribution is 9.10. The van der Waals surface area contributed by atoms with E-state index >= 15 is 0 Å². The minimum atomic E-state index is 0.154. The van der Waals surface area contributed by atoms with E-state index in [1.807, 2.05) is 18.3 Å². The van der Waals surface area contributed by atoms with Crippen molar-refractivity contribution < 1.29 is 0 Å². The van der Waals surface area contributed by atoms with Crippen LogP contribution in [0.5, 0.6) is 0 Å². The molecule has 3 nitrogen and oxygen atoms in total. The first kappa shape index (κ1) is 14.3. The maximum atomic E-state index is 4.43. The van der Waals surface area contributed by atoms with Crippen LogP contribution in [0.15, 0.2) is 34.9 Å². The van der Waals surface area contributed by atoms with Crippen molar-refractivity contribution in [2.75, 3.05) is 6.54 Å². The second kappa shape index (κ2) is 5.88. The molecule has 102 valence electrons. The third-order valence-electron chi connectivity index (χ3n) is 2.80. The zero-order valence-corrected chi connectivity index (χ0v) is 13.2. The lowest BCUT2D eigenvalue weighted by atomic mass is 10.1. The van der Waals surface area contributed by atoms with E-state index < -0.39 is 0 Å². The van der Waals surface area contributed by atoms with Crippen LogP contribution in [0.2, 0.25) is 0 Å². The summed E-state index contributed by atoms with van der Waals surface area (Å²) < 4.78 is 1.09. The highest BCUT2D eigenvalue weighted by Crippen LogP contribution is 2.19. The number of halogens is 1. The number of nitrogens with zero attached hydrogens (tertiary/aromatic N) is 1. The molecular formula is C15H20BrN3. The molecule has 19 heavy (non-hydrogen) atoms. The summed E-state index contributed by atoms with van der Waals surface area (Å²) in [5.41, 5.74) is 2.38. The van der Waals surface area contributed by atoms with Crippen molar-refractivity contribution in [3.8, 4) is 11.3 Å². The summed E-state index contributed by atoms with van der Waals surface area (Å²) in [6.45, 7) is 7.43. The Morgan fingerprint density at radius 1 is 1.21 bits per heavy atom. The van der Waals surface area contributed by atoms with Gasteiger partial charge in [0.05, 0.1) is 11.9 Å². The summed E-state index contributed by atoms with van der Waals surface area (Å²) in [6, 6.07) is 8.23. The Morgan fingerprint density at radius 2 is 1.89 bits per heavy atom. The van der Waals surface area contributed by atoms with E-state index in [2.05, 4.69) is 64.1 Å². The van der Waals surface area contributed by atoms with Crippen LogP contribution in [-0.4, -0.2) is 22.1 Å². The van der Waals surface area contributed by atoms with Gasteiger partial charge in [-0.15, -0.1) is 0 Å². The molecule has 2 N–H and O–H groups in total. The molecule has 0 bridgehead atoms. The van der Waals surface area contributed by atoms with Crippen LogP contribution >= 0.6 is 15.9 Å². The lowest BCUT2D eigenvalue weighted by Crippen LogP contribution is -2.37. The van der Waals surface area contributed by atoms with Crippen molar-refractivity contribution in [1.29, 1.82) is 0 Å². The van der Waals surface area contributed by atoms with Gasteiger partial charge in [-0.05, 0) is 38.5 Å². The van der Waals surface area contributed by atoms with Gasteiger partial charge in [-0.2, -0.15) is 0 Å². The summed E-state index contributed by atoms with van der Waals surface area (Å²) in [7, 11) is 0. The first-order chi connectivity index (χ1) is 8.94. The maximum Gasteiger partial charge on any atom is 0.107 e. The highest BCUT2D eigenvalue weighted by atomic mass is 79.9. The van der Waals surface area contributed by atoms with Gasteiger partial charge in [0, 0.05) is 23.0 Å². The van der Waals surface area contributed by atoms with E-state index in [4.69, 9.17) is 0 Å². The average molecular weight is 322 g/mol. The molecule has 0 aliphatic carbocycles. The summed E-state index contributed by atoms with van der Waals surface area (Å²) in [5.74, 6) is 1.02. The second-order valence-electron chi connectivity index (χ2n) is 5.68. The Labute approximate surface area is 123 Å². The van der Waals surface area contributed by atoms with E-state index in [9.17, 15) is 0 Å². The van der Waals surface area contributed by atoms with Crippen LogP contribution in [-0.2, 0) is 6.42 Å². The molecule has 0 saturated carbocycles. The van der Waals surface area contributed by atoms with E-state index in [1.165, 1.54) is 0 Å². The summed E-state index contributed by atoms with van der Waals surface area (Å²) in [5, 5.41) is 3.46. The quantitative estimate of drug-likeness (QED) is 0.899. The number of hydrogen-bond donors (Lipinski definition) is 2. The molecule has 1 heterocycles. The second-order valence-corrected chi connectivity index (χ2v) is 6.59. The van der Waals surface area contributed by atoms with Crippen molar-refractivity contribution >= 4 is 15.9 Å². The summed E-state index contributed by atoms with van der Waals surface area (Å²) in [6.07, 6.45) is 2.81. The maximum absolute atomic E-state index is 4.43. The molecule has 0 unspecified atom stereocenters. The van der Waals surface area contributed by atoms with Crippen molar-refractivity contribution in [3.63, 3.8) is 0 Å². The van der Waals surface area contributed by atoms with Gasteiger partial charge in [0.15, 0.2) is 0 Å². The van der Waals surface area contributed by atoms with E-state index in [0.29, 0.717) is 0 Å². The van der Waals surface area contributed by atoms with E-state index in [0.717, 1.165) is 34.5 Å². The van der Waals surface area contributed by atoms with Crippen LogP contribution in [0.4, 0.5) is 0 Å². The van der Waals surface area contributed by atoms with Gasteiger partial charge in [-0.1, -0.05) is 28.1 Å². The Bertz CT molecular complexity index is 523. The van der Waals surface area contributed by atoms with Crippen molar-refractivity contribution in [2.45, 2.75) is 32.7 Å². The fraction of sp³-hybridized carbons (Fsp3) is 0.400. The molecule has 0 fully saturated rings. The monoisotopic (exact) mass is 321 g/mol. The first-order valence-corrected chi connectivity index (χ1v) is 7.28. The smallest absolute Gasteiger partial charge is 0.107 e. The van der Waals surface area contributed by atoms with Crippen LogP contribution in [0.3, 0.4) is 0 Å². The number of aromatic amines is 1. The number of hydrogen-bond acceptors (Lipinski definition) is 2. The van der Waals surface area contributed by atoms with Gasteiger partial charge < -0.3 is 10.3 Å². The minimum Gasteiger partial charge on any atom is -0.342 e. The molecule has 4 heteroatoms. The molecule has 0 amide bonds. The predicted molar refractivity (Wildman–Crippen MR) is 83.2 cm³/mol. The van der Waals surface area contributed by atoms with Crippen molar-refractivity contribution in [1.82, 2.24) is 15.3 Å². The lowest BCUT2D eigenvalue weighted by molar-refractivity contribution is 0.427. The number of rotatable bonds is 4. The Kier molecular flexibility index (Phi) is 4.42. The van der Waals surface area contributed by atoms with Crippen molar-refractivity contribution in [3.05, 3.63) is 40.8 Å². The fourth-order valence-corrected chi connectivity index (χ4v) is 2.09. The van der Waals surface area contributed by atoms with Gasteiger partial charge in [0.25, 0.3) is 0 Å². The predicted octanol–water partition coefficient (Wildman–Crippen LogP) is 3.77. The number of H-pyrrole nitrogens is 1. The lowest BCUT2D eigenvalue weighted by Gasteiger charge is -2.19. The zero-order chi connectivity index (χ0) is 13.9. The van der Waals surface area contributed by atoms with Crippen LogP contribution < -0.4 is 5.32 Å². The Balaban J connectivity index is 1.97. The van der Waals surface area contributed by atoms with Gasteiger partial charge in [-0.25, -0.2) is 4.98 Å². The van der Waals surface area contributed by atoms with Crippen LogP contribution in [0.25, 0.3) is 11.3 Å². The van der Waals surface area contributed by atoms with Gasteiger partial charge >= 0.3 is 0 Å². The SMILES string of the molecule is CC(C)(C)NCCc1ncc(-c2ccc(Br)cc2)[nH]1. The normalized spacial score (nSPS) is 11.8. The molecular weight excluding hydrogens is 302 g/mol. The molecule has 1 aromatic carbocycles. The van der Waals surface area contributed by atoms with Gasteiger partial charge in [0.1, 0.15) is 5.82 Å². The van der Waals surface area contributed by atoms with Crippen LogP contribution in [0.1, 0.15) is 26.6 Å². The molecule has 1 aromatic heterocycles. The number of aromatic nitrogens is 2. The standard InChI is InChI=1S/C15H20BrN3/c1-15(2,3)18-9-8-14-17-10-13(19-14)11-4-6-12(16)7-5-11/h4-7,10,18H,8-9H2,1-3H3,(H,17,19). The molecule has 0 atom stereocenters. The summed E-state index contributed by atoms with van der Waals surface area (Å²) in [4.78, 5) is 7.80. The molecule has 0 radical (unpaired) electrons. The van der Waals surface area contributed by atoms with Gasteiger partial charge in [0.2, 0.25) is 0 Å². The largest absolute Gasteiger partial charge is 0.342 e. The molecule has 0 saturated heterocycles. The average Bonchev–Trinajstić information content (AvgIpc) is 2.77. The zero-order valence-electron chi connectivity index (χ0n) is 11.6. The number of nitrogens with one attached hydrogen (secondary N) is 2. The van der Waals surface area contributed by atoms with Crippen molar-refractivity contribution in [2.24, 2.45) is 0 Å². The molecule has 0 aliphatic heterocycles.